The summed E-state index contributed by atoms with van der Waals surface area (Å²) < 4.78 is 11.5. The average Bonchev–Trinajstić information content (AvgIpc) is 3.58. The molecule has 1 saturated carbocycles. The number of hydrogen-bond donors (Lipinski definition) is 2. The third kappa shape index (κ3) is 4.69. The number of aromatic nitrogens is 2. The first-order valence-electron chi connectivity index (χ1n) is 12.0. The molecule has 7 heteroatoms. The molecule has 184 valence electrons. The summed E-state index contributed by atoms with van der Waals surface area (Å²) in [5.74, 6) is 1.05. The number of ether oxygens (including phenoxy) is 1. The highest BCUT2D eigenvalue weighted by Crippen LogP contribution is 2.48. The molecule has 5 rings (SSSR count). The van der Waals surface area contributed by atoms with Gasteiger partial charge in [-0.1, -0.05) is 59.8 Å². The number of hydrogen-bond acceptors (Lipinski definition) is 6. The van der Waals surface area contributed by atoms with Gasteiger partial charge in [-0.3, -0.25) is 4.79 Å². The van der Waals surface area contributed by atoms with Crippen molar-refractivity contribution in [3.05, 3.63) is 78.0 Å². The Morgan fingerprint density at radius 2 is 1.58 bits per heavy atom. The van der Waals surface area contributed by atoms with Gasteiger partial charge in [0.05, 0.1) is 5.41 Å². The summed E-state index contributed by atoms with van der Waals surface area (Å²) >= 11 is 0. The predicted octanol–water partition coefficient (Wildman–Crippen LogP) is 6.75. The van der Waals surface area contributed by atoms with Gasteiger partial charge in [-0.2, -0.15) is 4.98 Å². The van der Waals surface area contributed by atoms with Gasteiger partial charge in [-0.15, -0.1) is 0 Å². The summed E-state index contributed by atoms with van der Waals surface area (Å²) in [4.78, 5) is 16.2. The molecule has 0 bridgehead atoms. The zero-order chi connectivity index (χ0) is 25.5. The highest BCUT2D eigenvalue weighted by molar-refractivity contribution is 5.85. The minimum Gasteiger partial charge on any atom is -0.481 e. The van der Waals surface area contributed by atoms with E-state index in [-0.39, 0.29) is 5.60 Å². The summed E-state index contributed by atoms with van der Waals surface area (Å²) in [7, 11) is 0. The molecule has 0 saturated heterocycles. The topological polar surface area (TPSA) is 97.5 Å². The molecule has 2 heterocycles. The molecule has 1 aliphatic rings. The number of aliphatic carboxylic acids is 1. The molecule has 2 aromatic carbocycles. The molecule has 0 radical (unpaired) electrons. The largest absolute Gasteiger partial charge is 0.481 e. The van der Waals surface area contributed by atoms with Crippen molar-refractivity contribution in [3.63, 3.8) is 0 Å². The van der Waals surface area contributed by atoms with Gasteiger partial charge in [0.1, 0.15) is 22.8 Å². The third-order valence-electron chi connectivity index (χ3n) is 6.33. The maximum absolute atomic E-state index is 11.6. The predicted molar refractivity (Wildman–Crippen MR) is 139 cm³/mol. The second-order valence-electron chi connectivity index (χ2n) is 10.2. The standard InChI is InChI=1S/C29H29N3O4/c1-18-25(31-23-6-5-7-24(30-23)35-28(2,3)4)26(36-32-18)21-10-8-19(9-11-21)20-12-14-22(15-13-20)29(16-17-29)27(33)34/h5-15H,16-17H2,1-4H3,(H,30,31)(H,33,34). The molecule has 0 atom stereocenters. The first-order valence-corrected chi connectivity index (χ1v) is 12.0. The average molecular weight is 484 g/mol. The van der Waals surface area contributed by atoms with Crippen LogP contribution in [0.3, 0.4) is 0 Å². The van der Waals surface area contributed by atoms with Gasteiger partial charge in [-0.25, -0.2) is 0 Å². The van der Waals surface area contributed by atoms with Crippen LogP contribution in [0.25, 0.3) is 22.5 Å². The summed E-state index contributed by atoms with van der Waals surface area (Å²) in [6.45, 7) is 7.82. The Bertz CT molecular complexity index is 1400. The number of aryl methyl sites for hydroxylation is 1. The van der Waals surface area contributed by atoms with E-state index in [1.165, 1.54) is 0 Å². The number of pyridine rings is 1. The first-order chi connectivity index (χ1) is 17.1. The summed E-state index contributed by atoms with van der Waals surface area (Å²) in [5.41, 5.74) is 4.24. The van der Waals surface area contributed by atoms with Crippen LogP contribution in [0, 0.1) is 6.92 Å². The number of rotatable bonds is 7. The van der Waals surface area contributed by atoms with Gasteiger partial charge in [-0.05, 0) is 63.3 Å². The van der Waals surface area contributed by atoms with Crippen molar-refractivity contribution in [1.82, 2.24) is 10.1 Å². The molecule has 0 unspecified atom stereocenters. The molecule has 4 aromatic rings. The Kier molecular flexibility index (Phi) is 5.79. The van der Waals surface area contributed by atoms with E-state index in [2.05, 4.69) is 15.5 Å². The molecule has 0 aliphatic heterocycles. The van der Waals surface area contributed by atoms with Crippen LogP contribution in [0.4, 0.5) is 11.5 Å². The number of carboxylic acid groups (broad SMARTS) is 1. The van der Waals surface area contributed by atoms with Gasteiger partial charge in [0.25, 0.3) is 0 Å². The van der Waals surface area contributed by atoms with Crippen LogP contribution in [0.15, 0.2) is 71.3 Å². The summed E-state index contributed by atoms with van der Waals surface area (Å²) in [6, 6.07) is 21.4. The normalized spacial score (nSPS) is 14.3. The van der Waals surface area contributed by atoms with Gasteiger partial charge in [0, 0.05) is 11.6 Å². The smallest absolute Gasteiger partial charge is 0.314 e. The van der Waals surface area contributed by atoms with Crippen LogP contribution in [0.5, 0.6) is 5.88 Å². The van der Waals surface area contributed by atoms with Gasteiger partial charge in [0.15, 0.2) is 5.76 Å². The fourth-order valence-corrected chi connectivity index (χ4v) is 4.24. The minimum absolute atomic E-state index is 0.346. The number of benzene rings is 2. The summed E-state index contributed by atoms with van der Waals surface area (Å²) in [6.07, 6.45) is 1.40. The van der Waals surface area contributed by atoms with Gasteiger partial charge < -0.3 is 19.7 Å². The van der Waals surface area contributed by atoms with Crippen molar-refractivity contribution < 1.29 is 19.2 Å². The fourth-order valence-electron chi connectivity index (χ4n) is 4.24. The highest BCUT2D eigenvalue weighted by Gasteiger charge is 2.51. The molecular weight excluding hydrogens is 454 g/mol. The number of carboxylic acids is 1. The Morgan fingerprint density at radius 3 is 2.17 bits per heavy atom. The van der Waals surface area contributed by atoms with Crippen LogP contribution in [0.2, 0.25) is 0 Å². The number of nitrogens with one attached hydrogen (secondary N) is 1. The van der Waals surface area contributed by atoms with E-state index in [4.69, 9.17) is 9.26 Å². The zero-order valence-corrected chi connectivity index (χ0v) is 20.8. The first kappa shape index (κ1) is 23.6. The quantitative estimate of drug-likeness (QED) is 0.300. The minimum atomic E-state index is -0.741. The maximum Gasteiger partial charge on any atom is 0.314 e. The highest BCUT2D eigenvalue weighted by atomic mass is 16.5. The van der Waals surface area contributed by atoms with Crippen molar-refractivity contribution in [3.8, 4) is 28.3 Å². The van der Waals surface area contributed by atoms with Crippen LogP contribution < -0.4 is 10.1 Å². The van der Waals surface area contributed by atoms with Crippen molar-refractivity contribution in [2.45, 2.75) is 51.6 Å². The van der Waals surface area contributed by atoms with Crippen LogP contribution >= 0.6 is 0 Å². The van der Waals surface area contributed by atoms with E-state index >= 15 is 0 Å². The fraction of sp³-hybridized carbons (Fsp3) is 0.276. The molecule has 1 fully saturated rings. The Labute approximate surface area is 210 Å². The molecule has 2 aromatic heterocycles. The lowest BCUT2D eigenvalue weighted by atomic mass is 9.93. The van der Waals surface area contributed by atoms with Crippen LogP contribution in [0.1, 0.15) is 44.9 Å². The van der Waals surface area contributed by atoms with E-state index in [1.807, 2.05) is 94.4 Å². The number of anilines is 2. The molecule has 7 nitrogen and oxygen atoms in total. The molecule has 2 N–H and O–H groups in total. The van der Waals surface area contributed by atoms with Crippen molar-refractivity contribution in [2.24, 2.45) is 0 Å². The van der Waals surface area contributed by atoms with Crippen molar-refractivity contribution in [1.29, 1.82) is 0 Å². The third-order valence-corrected chi connectivity index (χ3v) is 6.33. The molecule has 1 aliphatic carbocycles. The Morgan fingerprint density at radius 1 is 0.972 bits per heavy atom. The van der Waals surface area contributed by atoms with Gasteiger partial charge in [0.2, 0.25) is 5.88 Å². The molecular formula is C29H29N3O4. The van der Waals surface area contributed by atoms with Crippen molar-refractivity contribution >= 4 is 17.5 Å². The van der Waals surface area contributed by atoms with E-state index in [1.54, 1.807) is 0 Å². The van der Waals surface area contributed by atoms with Crippen molar-refractivity contribution in [2.75, 3.05) is 5.32 Å². The molecule has 0 spiro atoms. The van der Waals surface area contributed by atoms with E-state index < -0.39 is 11.4 Å². The number of carbonyl (C=O) groups is 1. The van der Waals surface area contributed by atoms with E-state index in [9.17, 15) is 9.90 Å². The second kappa shape index (κ2) is 8.82. The van der Waals surface area contributed by atoms with Crippen LogP contribution in [-0.2, 0) is 10.2 Å². The second-order valence-corrected chi connectivity index (χ2v) is 10.2. The Hall–Kier alpha value is -4.13. The Balaban J connectivity index is 1.36. The maximum atomic E-state index is 11.6. The molecule has 36 heavy (non-hydrogen) atoms. The van der Waals surface area contributed by atoms with E-state index in [0.29, 0.717) is 30.3 Å². The molecule has 0 amide bonds. The lowest BCUT2D eigenvalue weighted by Crippen LogP contribution is -2.23. The summed E-state index contributed by atoms with van der Waals surface area (Å²) in [5, 5.41) is 17.0. The zero-order valence-electron chi connectivity index (χ0n) is 20.8. The lowest BCUT2D eigenvalue weighted by Gasteiger charge is -2.20. The van der Waals surface area contributed by atoms with Gasteiger partial charge >= 0.3 is 5.97 Å². The van der Waals surface area contributed by atoms with Crippen LogP contribution in [-0.4, -0.2) is 26.8 Å². The lowest BCUT2D eigenvalue weighted by molar-refractivity contribution is -0.140. The number of nitrogens with zero attached hydrogens (tertiary/aromatic N) is 2. The van der Waals surface area contributed by atoms with E-state index in [0.717, 1.165) is 33.6 Å². The SMILES string of the molecule is Cc1noc(-c2ccc(-c3ccc(C4(C(=O)O)CC4)cc3)cc2)c1Nc1cccc(OC(C)(C)C)n1. The monoisotopic (exact) mass is 483 g/mol.